The lowest BCUT2D eigenvalue weighted by Gasteiger charge is -2.29. The summed E-state index contributed by atoms with van der Waals surface area (Å²) < 4.78 is 0. The Kier molecular flexibility index (Phi) is 3.85. The molecular weight excluding hydrogens is 256 g/mol. The van der Waals surface area contributed by atoms with E-state index in [-0.39, 0.29) is 13.0 Å². The Labute approximate surface area is 117 Å². The molecule has 0 radical (unpaired) electrons. The maximum absolute atomic E-state index is 12.3. The normalized spacial score (nSPS) is 18.7. The van der Waals surface area contributed by atoms with Crippen LogP contribution in [0.5, 0.6) is 0 Å². The van der Waals surface area contributed by atoms with Crippen molar-refractivity contribution in [1.82, 2.24) is 10.2 Å². The number of hydrogen-bond donors (Lipinski definition) is 1. The number of barbiturate groups is 1. The summed E-state index contributed by atoms with van der Waals surface area (Å²) in [6.45, 7) is 2.02. The highest BCUT2D eigenvalue weighted by molar-refractivity contribution is 6.19. The van der Waals surface area contributed by atoms with Crippen LogP contribution in [0, 0.1) is 19.3 Å². The predicted molar refractivity (Wildman–Crippen MR) is 72.6 cm³/mol. The summed E-state index contributed by atoms with van der Waals surface area (Å²) in [6, 6.07) is 6.36. The number of terminal acetylenes is 1. The largest absolute Gasteiger partial charge is 0.330 e. The van der Waals surface area contributed by atoms with Gasteiger partial charge in [-0.3, -0.25) is 19.8 Å². The smallest absolute Gasteiger partial charge is 0.277 e. The molecule has 1 aliphatic rings. The molecule has 5 heteroatoms. The number of carbonyl (C=O) groups is 3. The summed E-state index contributed by atoms with van der Waals surface area (Å²) in [6.07, 6.45) is 5.40. The summed E-state index contributed by atoms with van der Waals surface area (Å²) in [4.78, 5) is 36.9. The fraction of sp³-hybridized carbons (Fsp3) is 0.267. The molecule has 0 spiro atoms. The Morgan fingerprint density at radius 3 is 2.50 bits per heavy atom. The van der Waals surface area contributed by atoms with Gasteiger partial charge in [-0.1, -0.05) is 29.8 Å². The number of hydrogen-bond acceptors (Lipinski definition) is 3. The fourth-order valence-electron chi connectivity index (χ4n) is 2.05. The molecule has 0 aromatic heterocycles. The second-order valence-electron chi connectivity index (χ2n) is 4.58. The lowest BCUT2D eigenvalue weighted by Crippen LogP contribution is -2.56. The maximum atomic E-state index is 12.3. The highest BCUT2D eigenvalue weighted by Gasteiger charge is 2.40. The highest BCUT2D eigenvalue weighted by Crippen LogP contribution is 2.23. The molecule has 1 fully saturated rings. The minimum atomic E-state index is -0.994. The van der Waals surface area contributed by atoms with Crippen molar-refractivity contribution in [1.29, 1.82) is 0 Å². The van der Waals surface area contributed by atoms with Crippen LogP contribution in [-0.2, 0) is 9.59 Å². The molecule has 0 bridgehead atoms. The van der Waals surface area contributed by atoms with Crippen molar-refractivity contribution in [2.45, 2.75) is 19.3 Å². The third-order valence-corrected chi connectivity index (χ3v) is 3.14. The summed E-state index contributed by atoms with van der Waals surface area (Å²) in [5.74, 6) is 0.250. The molecule has 1 heterocycles. The molecule has 1 atom stereocenters. The minimum absolute atomic E-state index is 0.108. The fourth-order valence-corrected chi connectivity index (χ4v) is 2.05. The second kappa shape index (κ2) is 5.57. The minimum Gasteiger partial charge on any atom is -0.277 e. The van der Waals surface area contributed by atoms with Gasteiger partial charge >= 0.3 is 6.03 Å². The predicted octanol–water partition coefficient (Wildman–Crippen LogP) is 1.18. The summed E-state index contributed by atoms with van der Waals surface area (Å²) in [5, 5.41) is 2.19. The Balaban J connectivity index is 2.30. The van der Waals surface area contributed by atoms with Crippen LogP contribution < -0.4 is 5.32 Å². The van der Waals surface area contributed by atoms with Crippen LogP contribution in [0.2, 0.25) is 0 Å². The molecule has 2 rings (SSSR count). The molecule has 1 unspecified atom stereocenters. The first-order valence-electron chi connectivity index (χ1n) is 6.21. The Bertz CT molecular complexity index is 599. The quantitative estimate of drug-likeness (QED) is 0.662. The van der Waals surface area contributed by atoms with Crippen LogP contribution >= 0.6 is 0 Å². The molecule has 1 aromatic carbocycles. The van der Waals surface area contributed by atoms with Gasteiger partial charge in [-0.25, -0.2) is 4.79 Å². The van der Waals surface area contributed by atoms with E-state index in [4.69, 9.17) is 6.42 Å². The molecule has 5 nitrogen and oxygen atoms in total. The van der Waals surface area contributed by atoms with Crippen molar-refractivity contribution >= 4 is 17.8 Å². The van der Waals surface area contributed by atoms with Crippen molar-refractivity contribution in [3.8, 4) is 12.3 Å². The number of imide groups is 2. The lowest BCUT2D eigenvalue weighted by atomic mass is 9.94. The molecule has 0 saturated carbocycles. The number of amides is 4. The summed E-state index contributed by atoms with van der Waals surface area (Å²) >= 11 is 0. The zero-order valence-electron chi connectivity index (χ0n) is 11.1. The standard InChI is InChI=1S/C15H14N2O3/c1-3-4-9-17-14(19)12(13(18)16-15(17)20)11-7-5-10(2)6-8-11/h1,5-8,12H,4,9H2,2H3,(H,16,18,20). The van der Waals surface area contributed by atoms with Crippen LogP contribution in [0.4, 0.5) is 4.79 Å². The van der Waals surface area contributed by atoms with Crippen LogP contribution in [0.1, 0.15) is 23.5 Å². The Hall–Kier alpha value is -2.61. The van der Waals surface area contributed by atoms with Gasteiger partial charge in [0.25, 0.3) is 0 Å². The molecule has 0 aliphatic carbocycles. The van der Waals surface area contributed by atoms with Crippen molar-refractivity contribution in [3.05, 3.63) is 35.4 Å². The van der Waals surface area contributed by atoms with Gasteiger partial charge in [0.1, 0.15) is 5.92 Å². The van der Waals surface area contributed by atoms with Gasteiger partial charge in [0.05, 0.1) is 0 Å². The lowest BCUT2D eigenvalue weighted by molar-refractivity contribution is -0.138. The third-order valence-electron chi connectivity index (χ3n) is 3.14. The first kappa shape index (κ1) is 13.8. The second-order valence-corrected chi connectivity index (χ2v) is 4.58. The van der Waals surface area contributed by atoms with Gasteiger partial charge in [-0.15, -0.1) is 12.3 Å². The summed E-state index contributed by atoms with van der Waals surface area (Å²) in [7, 11) is 0. The van der Waals surface area contributed by atoms with Crippen LogP contribution in [0.3, 0.4) is 0 Å². The highest BCUT2D eigenvalue weighted by atomic mass is 16.2. The van der Waals surface area contributed by atoms with E-state index in [1.807, 2.05) is 19.1 Å². The zero-order valence-corrected chi connectivity index (χ0v) is 11.1. The molecule has 102 valence electrons. The Morgan fingerprint density at radius 2 is 1.90 bits per heavy atom. The average Bonchev–Trinajstić information content (AvgIpc) is 2.40. The molecule has 1 N–H and O–H groups in total. The number of urea groups is 1. The van der Waals surface area contributed by atoms with Gasteiger partial charge in [0.15, 0.2) is 0 Å². The van der Waals surface area contributed by atoms with Crippen LogP contribution in [0.25, 0.3) is 0 Å². The van der Waals surface area contributed by atoms with Crippen molar-refractivity contribution in [3.63, 3.8) is 0 Å². The van der Waals surface area contributed by atoms with E-state index in [2.05, 4.69) is 11.2 Å². The van der Waals surface area contributed by atoms with Gasteiger partial charge < -0.3 is 0 Å². The van der Waals surface area contributed by atoms with Crippen molar-refractivity contribution in [2.24, 2.45) is 0 Å². The number of carbonyl (C=O) groups excluding carboxylic acids is 3. The van der Waals surface area contributed by atoms with Gasteiger partial charge in [0, 0.05) is 13.0 Å². The van der Waals surface area contributed by atoms with E-state index in [1.165, 1.54) is 0 Å². The molecule has 4 amide bonds. The van der Waals surface area contributed by atoms with Crippen molar-refractivity contribution in [2.75, 3.05) is 6.54 Å². The molecule has 20 heavy (non-hydrogen) atoms. The number of aryl methyl sites for hydroxylation is 1. The van der Waals surface area contributed by atoms with Gasteiger partial charge in [0.2, 0.25) is 11.8 Å². The van der Waals surface area contributed by atoms with Crippen LogP contribution in [-0.4, -0.2) is 29.3 Å². The number of benzene rings is 1. The van der Waals surface area contributed by atoms with E-state index in [0.717, 1.165) is 10.5 Å². The van der Waals surface area contributed by atoms with Crippen LogP contribution in [0.15, 0.2) is 24.3 Å². The van der Waals surface area contributed by atoms with Gasteiger partial charge in [-0.05, 0) is 12.5 Å². The van der Waals surface area contributed by atoms with E-state index in [0.29, 0.717) is 5.56 Å². The Morgan fingerprint density at radius 1 is 1.25 bits per heavy atom. The SMILES string of the molecule is C#CCCN1C(=O)NC(=O)C(c2ccc(C)cc2)C1=O. The molecule has 1 aliphatic heterocycles. The molecular formula is C15H14N2O3. The average molecular weight is 270 g/mol. The van der Waals surface area contributed by atoms with E-state index < -0.39 is 23.8 Å². The first-order valence-corrected chi connectivity index (χ1v) is 6.21. The molecule has 1 saturated heterocycles. The van der Waals surface area contributed by atoms with Crippen molar-refractivity contribution < 1.29 is 14.4 Å². The maximum Gasteiger partial charge on any atom is 0.330 e. The zero-order chi connectivity index (χ0) is 14.7. The molecule has 1 aromatic rings. The first-order chi connectivity index (χ1) is 9.54. The van der Waals surface area contributed by atoms with E-state index in [1.54, 1.807) is 12.1 Å². The monoisotopic (exact) mass is 270 g/mol. The van der Waals surface area contributed by atoms with E-state index >= 15 is 0 Å². The number of nitrogens with zero attached hydrogens (tertiary/aromatic N) is 1. The number of nitrogens with one attached hydrogen (secondary N) is 1. The van der Waals surface area contributed by atoms with E-state index in [9.17, 15) is 14.4 Å². The third kappa shape index (κ3) is 2.54. The summed E-state index contributed by atoms with van der Waals surface area (Å²) in [5.41, 5.74) is 1.59. The van der Waals surface area contributed by atoms with Gasteiger partial charge in [-0.2, -0.15) is 0 Å². The number of rotatable bonds is 3. The topological polar surface area (TPSA) is 66.5 Å².